The molecule has 0 spiro atoms. The molecule has 2 aromatic heterocycles. The summed E-state index contributed by atoms with van der Waals surface area (Å²) in [6.07, 6.45) is 3.25. The monoisotopic (exact) mass is 393 g/mol. The summed E-state index contributed by atoms with van der Waals surface area (Å²) in [6.45, 7) is 3.99. The number of nitrogens with zero attached hydrogens (tertiary/aromatic N) is 3. The van der Waals surface area contributed by atoms with Crippen LogP contribution in [0.4, 0.5) is 17.8 Å². The first-order valence-electron chi connectivity index (χ1n) is 9.52. The minimum absolute atomic E-state index is 0.145. The topological polar surface area (TPSA) is 117 Å². The van der Waals surface area contributed by atoms with Gasteiger partial charge in [-0.3, -0.25) is 15.6 Å². The van der Waals surface area contributed by atoms with Gasteiger partial charge >= 0.3 is 5.91 Å². The van der Waals surface area contributed by atoms with Crippen LogP contribution in [-0.4, -0.2) is 32.9 Å². The van der Waals surface area contributed by atoms with Crippen molar-refractivity contribution in [2.75, 3.05) is 16.1 Å². The van der Waals surface area contributed by atoms with Crippen LogP contribution >= 0.6 is 0 Å². The molecule has 1 aliphatic rings. The first-order chi connectivity index (χ1) is 14.1. The summed E-state index contributed by atoms with van der Waals surface area (Å²) >= 11 is 0. The molecule has 1 aliphatic carbocycles. The van der Waals surface area contributed by atoms with Crippen LogP contribution in [-0.2, 0) is 12.8 Å². The number of hydrogen-bond donors (Lipinski definition) is 4. The van der Waals surface area contributed by atoms with Crippen molar-refractivity contribution in [3.8, 4) is 0 Å². The van der Waals surface area contributed by atoms with Gasteiger partial charge < -0.3 is 15.1 Å². The summed E-state index contributed by atoms with van der Waals surface area (Å²) in [4.78, 5) is 25.2. The van der Waals surface area contributed by atoms with Crippen LogP contribution in [0.3, 0.4) is 0 Å². The lowest BCUT2D eigenvalue weighted by Gasteiger charge is -2.15. The van der Waals surface area contributed by atoms with Gasteiger partial charge in [-0.05, 0) is 49.9 Å². The molecule has 0 bridgehead atoms. The lowest BCUT2D eigenvalue weighted by molar-refractivity contribution is 0.0935. The van der Waals surface area contributed by atoms with E-state index < -0.39 is 5.91 Å². The van der Waals surface area contributed by atoms with Crippen LogP contribution in [0, 0.1) is 0 Å². The van der Waals surface area contributed by atoms with Crippen molar-refractivity contribution in [3.63, 3.8) is 0 Å². The number of hydrogen-bond acceptors (Lipinski definition) is 8. The van der Waals surface area contributed by atoms with E-state index in [4.69, 9.17) is 4.42 Å². The van der Waals surface area contributed by atoms with E-state index in [1.54, 1.807) is 12.1 Å². The van der Waals surface area contributed by atoms with Crippen molar-refractivity contribution in [1.29, 1.82) is 0 Å². The number of fused-ring (bicyclic) bond motifs is 1. The van der Waals surface area contributed by atoms with Crippen molar-refractivity contribution in [1.82, 2.24) is 20.4 Å². The van der Waals surface area contributed by atoms with Gasteiger partial charge in [0.15, 0.2) is 5.76 Å². The Labute approximate surface area is 168 Å². The van der Waals surface area contributed by atoms with Gasteiger partial charge in [-0.2, -0.15) is 15.0 Å². The van der Waals surface area contributed by atoms with Crippen LogP contribution < -0.4 is 21.5 Å². The molecule has 29 heavy (non-hydrogen) atoms. The van der Waals surface area contributed by atoms with Crippen LogP contribution in [0.25, 0.3) is 0 Å². The third kappa shape index (κ3) is 4.63. The Balaban J connectivity index is 1.47. The Morgan fingerprint density at radius 1 is 1.00 bits per heavy atom. The Morgan fingerprint density at radius 3 is 2.34 bits per heavy atom. The highest BCUT2D eigenvalue weighted by Crippen LogP contribution is 2.24. The molecule has 4 rings (SSSR count). The van der Waals surface area contributed by atoms with Gasteiger partial charge in [-0.15, -0.1) is 0 Å². The molecule has 0 saturated carbocycles. The number of carbonyl (C=O) groups excluding carboxylic acids is 1. The van der Waals surface area contributed by atoms with Crippen molar-refractivity contribution in [2.24, 2.45) is 0 Å². The lowest BCUT2D eigenvalue weighted by atomic mass is 10.1. The van der Waals surface area contributed by atoms with Gasteiger partial charge in [0.05, 0.1) is 6.26 Å². The Hall–Kier alpha value is -3.62. The zero-order chi connectivity index (χ0) is 20.2. The number of carbonyl (C=O) groups is 1. The molecule has 4 N–H and O–H groups in total. The molecule has 1 amide bonds. The fourth-order valence-electron chi connectivity index (χ4n) is 3.24. The molecular formula is C20H23N7O2. The van der Waals surface area contributed by atoms with Crippen LogP contribution in [0.2, 0.25) is 0 Å². The minimum atomic E-state index is -0.422. The second-order valence-electron chi connectivity index (χ2n) is 7.18. The Bertz CT molecular complexity index is 963. The number of furan rings is 1. The summed E-state index contributed by atoms with van der Waals surface area (Å²) in [5.41, 5.74) is 7.93. The zero-order valence-corrected chi connectivity index (χ0v) is 16.3. The highest BCUT2D eigenvalue weighted by Gasteiger charge is 2.22. The zero-order valence-electron chi connectivity index (χ0n) is 16.3. The van der Waals surface area contributed by atoms with E-state index in [2.05, 4.69) is 60.7 Å². The number of amides is 1. The SMILES string of the molecule is CC(C)Nc1nc(NNC(=O)c2ccco2)nc(NC2Cc3ccccc3C2)n1. The fourth-order valence-corrected chi connectivity index (χ4v) is 3.24. The molecule has 3 aromatic rings. The van der Waals surface area contributed by atoms with Crippen LogP contribution in [0.1, 0.15) is 35.5 Å². The summed E-state index contributed by atoms with van der Waals surface area (Å²) in [5, 5.41) is 6.55. The van der Waals surface area contributed by atoms with Crippen molar-refractivity contribution >= 4 is 23.8 Å². The summed E-state index contributed by atoms with van der Waals surface area (Å²) in [5.74, 6) is 0.850. The molecule has 0 radical (unpaired) electrons. The summed E-state index contributed by atoms with van der Waals surface area (Å²) in [6, 6.07) is 12.0. The third-order valence-corrected chi connectivity index (χ3v) is 4.47. The van der Waals surface area contributed by atoms with E-state index >= 15 is 0 Å². The van der Waals surface area contributed by atoms with E-state index in [0.717, 1.165) is 12.8 Å². The molecule has 0 saturated heterocycles. The number of anilines is 3. The number of nitrogens with one attached hydrogen (secondary N) is 4. The van der Waals surface area contributed by atoms with E-state index in [1.165, 1.54) is 17.4 Å². The van der Waals surface area contributed by atoms with Gasteiger partial charge in [0.2, 0.25) is 17.8 Å². The smallest absolute Gasteiger partial charge is 0.305 e. The quantitative estimate of drug-likeness (QED) is 0.453. The van der Waals surface area contributed by atoms with Gasteiger partial charge in [-0.25, -0.2) is 0 Å². The highest BCUT2D eigenvalue weighted by atomic mass is 16.3. The predicted molar refractivity (Wildman–Crippen MR) is 110 cm³/mol. The predicted octanol–water partition coefficient (Wildman–Crippen LogP) is 2.62. The molecule has 150 valence electrons. The molecule has 1 aromatic carbocycles. The minimum Gasteiger partial charge on any atom is -0.459 e. The van der Waals surface area contributed by atoms with Crippen molar-refractivity contribution in [2.45, 2.75) is 38.8 Å². The van der Waals surface area contributed by atoms with Gasteiger partial charge in [-0.1, -0.05) is 24.3 Å². The van der Waals surface area contributed by atoms with Gasteiger partial charge in [0, 0.05) is 12.1 Å². The number of benzene rings is 1. The summed E-state index contributed by atoms with van der Waals surface area (Å²) in [7, 11) is 0. The molecule has 9 heteroatoms. The first kappa shape index (κ1) is 18.7. The lowest BCUT2D eigenvalue weighted by Crippen LogP contribution is -2.31. The largest absolute Gasteiger partial charge is 0.459 e. The van der Waals surface area contributed by atoms with Crippen LogP contribution in [0.15, 0.2) is 47.1 Å². The van der Waals surface area contributed by atoms with Crippen molar-refractivity contribution in [3.05, 3.63) is 59.5 Å². The van der Waals surface area contributed by atoms with Gasteiger partial charge in [0.25, 0.3) is 0 Å². The molecule has 0 unspecified atom stereocenters. The van der Waals surface area contributed by atoms with E-state index in [-0.39, 0.29) is 23.8 Å². The number of hydrazine groups is 1. The third-order valence-electron chi connectivity index (χ3n) is 4.47. The second-order valence-corrected chi connectivity index (χ2v) is 7.18. The summed E-state index contributed by atoms with van der Waals surface area (Å²) < 4.78 is 5.07. The maximum atomic E-state index is 12.1. The van der Waals surface area contributed by atoms with Gasteiger partial charge in [0.1, 0.15) is 0 Å². The molecular weight excluding hydrogens is 370 g/mol. The number of aromatic nitrogens is 3. The second kappa shape index (κ2) is 8.17. The fraction of sp³-hybridized carbons (Fsp3) is 0.300. The first-order valence-corrected chi connectivity index (χ1v) is 9.52. The molecule has 2 heterocycles. The molecule has 9 nitrogen and oxygen atoms in total. The van der Waals surface area contributed by atoms with E-state index in [0.29, 0.717) is 11.9 Å². The Morgan fingerprint density at radius 2 is 1.69 bits per heavy atom. The van der Waals surface area contributed by atoms with E-state index in [1.807, 2.05) is 13.8 Å². The average molecular weight is 393 g/mol. The molecule has 0 atom stereocenters. The molecule has 0 fully saturated rings. The standard InChI is InChI=1S/C20H23N7O2/c1-12(2)21-18-23-19(22-15-10-13-6-3-4-7-14(13)11-15)25-20(24-18)27-26-17(28)16-8-5-9-29-16/h3-9,12,15H,10-11H2,1-2H3,(H,26,28)(H3,21,22,23,24,25,27). The highest BCUT2D eigenvalue weighted by molar-refractivity contribution is 5.91. The molecule has 0 aliphatic heterocycles. The Kier molecular flexibility index (Phi) is 5.28. The maximum absolute atomic E-state index is 12.1. The normalized spacial score (nSPS) is 13.2. The maximum Gasteiger partial charge on any atom is 0.305 e. The van der Waals surface area contributed by atoms with Crippen LogP contribution in [0.5, 0.6) is 0 Å². The average Bonchev–Trinajstić information content (AvgIpc) is 3.34. The number of rotatable bonds is 7. The van der Waals surface area contributed by atoms with E-state index in [9.17, 15) is 4.79 Å². The van der Waals surface area contributed by atoms with Crippen molar-refractivity contribution < 1.29 is 9.21 Å².